The molecular formula is C19H23N3O3. The van der Waals surface area contributed by atoms with E-state index in [1.807, 2.05) is 35.2 Å². The van der Waals surface area contributed by atoms with E-state index in [4.69, 9.17) is 10.2 Å². The molecular weight excluding hydrogens is 318 g/mol. The Morgan fingerprint density at radius 1 is 1.20 bits per heavy atom. The third-order valence-electron chi connectivity index (χ3n) is 4.42. The van der Waals surface area contributed by atoms with E-state index in [0.717, 1.165) is 31.5 Å². The molecule has 0 aliphatic carbocycles. The van der Waals surface area contributed by atoms with Crippen LogP contribution in [0.1, 0.15) is 34.5 Å². The normalized spacial score (nSPS) is 15.2. The van der Waals surface area contributed by atoms with E-state index in [0.29, 0.717) is 17.7 Å². The molecule has 6 nitrogen and oxygen atoms in total. The van der Waals surface area contributed by atoms with Crippen molar-refractivity contribution in [1.82, 2.24) is 10.2 Å². The molecule has 2 amide bonds. The molecule has 1 unspecified atom stereocenters. The number of amides is 2. The van der Waals surface area contributed by atoms with Crippen LogP contribution >= 0.6 is 0 Å². The molecule has 1 saturated heterocycles. The monoisotopic (exact) mass is 341 g/mol. The standard InChI is InChI=1S/C19H23N3O3/c20-12-16-11-15(13-25-16)18(23)21-17(10-14-6-2-1-3-7-14)19(24)22-8-4-5-9-22/h1-3,6-7,11,13,17H,4-5,8-10,12,20H2,(H,21,23). The van der Waals surface area contributed by atoms with Crippen molar-refractivity contribution < 1.29 is 14.0 Å². The highest BCUT2D eigenvalue weighted by Gasteiger charge is 2.28. The maximum Gasteiger partial charge on any atom is 0.255 e. The second kappa shape index (κ2) is 7.98. The lowest BCUT2D eigenvalue weighted by Crippen LogP contribution is -2.48. The molecule has 3 rings (SSSR count). The molecule has 1 atom stereocenters. The molecule has 0 bridgehead atoms. The Morgan fingerprint density at radius 3 is 2.56 bits per heavy atom. The van der Waals surface area contributed by atoms with Crippen LogP contribution in [-0.4, -0.2) is 35.8 Å². The predicted octanol–water partition coefficient (Wildman–Crippen LogP) is 1.70. The van der Waals surface area contributed by atoms with Crippen LogP contribution in [0, 0.1) is 0 Å². The Morgan fingerprint density at radius 2 is 1.92 bits per heavy atom. The summed E-state index contributed by atoms with van der Waals surface area (Å²) >= 11 is 0. The second-order valence-electron chi connectivity index (χ2n) is 6.25. The van der Waals surface area contributed by atoms with Crippen molar-refractivity contribution in [3.05, 3.63) is 59.5 Å². The molecule has 2 aromatic rings. The van der Waals surface area contributed by atoms with Crippen molar-refractivity contribution in [2.24, 2.45) is 5.73 Å². The summed E-state index contributed by atoms with van der Waals surface area (Å²) in [5.74, 6) is 0.185. The SMILES string of the molecule is NCc1cc(C(=O)NC(Cc2ccccc2)C(=O)N2CCCC2)co1. The summed E-state index contributed by atoms with van der Waals surface area (Å²) in [5, 5.41) is 2.86. The van der Waals surface area contributed by atoms with Crippen LogP contribution < -0.4 is 11.1 Å². The summed E-state index contributed by atoms with van der Waals surface area (Å²) in [6.45, 7) is 1.74. The minimum Gasteiger partial charge on any atom is -0.467 e. The molecule has 1 aromatic carbocycles. The van der Waals surface area contributed by atoms with Gasteiger partial charge in [-0.2, -0.15) is 0 Å². The van der Waals surface area contributed by atoms with Gasteiger partial charge in [0.25, 0.3) is 5.91 Å². The third kappa shape index (κ3) is 4.28. The fourth-order valence-electron chi connectivity index (χ4n) is 3.06. The van der Waals surface area contributed by atoms with Crippen molar-refractivity contribution in [3.8, 4) is 0 Å². The number of nitrogens with zero attached hydrogens (tertiary/aromatic N) is 1. The number of benzene rings is 1. The molecule has 3 N–H and O–H groups in total. The largest absolute Gasteiger partial charge is 0.467 e. The molecule has 0 radical (unpaired) electrons. The molecule has 6 heteroatoms. The summed E-state index contributed by atoms with van der Waals surface area (Å²) in [7, 11) is 0. The first-order valence-electron chi connectivity index (χ1n) is 8.58. The van der Waals surface area contributed by atoms with Crippen LogP contribution in [0.3, 0.4) is 0 Å². The number of furan rings is 1. The summed E-state index contributed by atoms with van der Waals surface area (Å²) in [6, 6.07) is 10.7. The first-order chi connectivity index (χ1) is 12.2. The molecule has 132 valence electrons. The first-order valence-corrected chi connectivity index (χ1v) is 8.58. The van der Waals surface area contributed by atoms with Crippen LogP contribution in [-0.2, 0) is 17.8 Å². The van der Waals surface area contributed by atoms with Gasteiger partial charge in [0.1, 0.15) is 18.1 Å². The quantitative estimate of drug-likeness (QED) is 0.837. The Labute approximate surface area is 147 Å². The third-order valence-corrected chi connectivity index (χ3v) is 4.42. The topological polar surface area (TPSA) is 88.6 Å². The van der Waals surface area contributed by atoms with Gasteiger partial charge in [0.05, 0.1) is 12.1 Å². The maximum atomic E-state index is 12.8. The number of nitrogens with one attached hydrogen (secondary N) is 1. The highest BCUT2D eigenvalue weighted by Crippen LogP contribution is 2.14. The summed E-state index contributed by atoms with van der Waals surface area (Å²) in [6.07, 6.45) is 3.86. The molecule has 0 spiro atoms. The Bertz CT molecular complexity index is 721. The number of likely N-dealkylation sites (tertiary alicyclic amines) is 1. The zero-order valence-electron chi connectivity index (χ0n) is 14.1. The zero-order chi connectivity index (χ0) is 17.6. The van der Waals surface area contributed by atoms with Gasteiger partial charge in [0.2, 0.25) is 5.91 Å². The van der Waals surface area contributed by atoms with E-state index in [9.17, 15) is 9.59 Å². The van der Waals surface area contributed by atoms with Crippen LogP contribution in [0.25, 0.3) is 0 Å². The fourth-order valence-corrected chi connectivity index (χ4v) is 3.06. The molecule has 1 fully saturated rings. The highest BCUT2D eigenvalue weighted by molar-refractivity contribution is 5.97. The van der Waals surface area contributed by atoms with Crippen molar-refractivity contribution in [2.75, 3.05) is 13.1 Å². The van der Waals surface area contributed by atoms with Gasteiger partial charge in [-0.05, 0) is 24.5 Å². The number of hydrogen-bond donors (Lipinski definition) is 2. The number of carbonyl (C=O) groups is 2. The molecule has 0 saturated carbocycles. The second-order valence-corrected chi connectivity index (χ2v) is 6.25. The lowest BCUT2D eigenvalue weighted by molar-refractivity contribution is -0.132. The molecule has 25 heavy (non-hydrogen) atoms. The van der Waals surface area contributed by atoms with Gasteiger partial charge < -0.3 is 20.4 Å². The van der Waals surface area contributed by atoms with Crippen molar-refractivity contribution in [1.29, 1.82) is 0 Å². The predicted molar refractivity (Wildman–Crippen MR) is 93.8 cm³/mol. The van der Waals surface area contributed by atoms with Gasteiger partial charge in [0.15, 0.2) is 0 Å². The van der Waals surface area contributed by atoms with Crippen molar-refractivity contribution in [2.45, 2.75) is 31.8 Å². The Kier molecular flexibility index (Phi) is 5.50. The van der Waals surface area contributed by atoms with Crippen LogP contribution in [0.2, 0.25) is 0 Å². The minimum atomic E-state index is -0.593. The average Bonchev–Trinajstić information content (AvgIpc) is 3.33. The Hall–Kier alpha value is -2.60. The average molecular weight is 341 g/mol. The number of carbonyl (C=O) groups excluding carboxylic acids is 2. The van der Waals surface area contributed by atoms with Gasteiger partial charge in [-0.25, -0.2) is 0 Å². The summed E-state index contributed by atoms with van der Waals surface area (Å²) < 4.78 is 5.21. The van der Waals surface area contributed by atoms with E-state index in [1.165, 1.54) is 6.26 Å². The van der Waals surface area contributed by atoms with Gasteiger partial charge in [0, 0.05) is 19.5 Å². The van der Waals surface area contributed by atoms with E-state index in [-0.39, 0.29) is 18.4 Å². The smallest absolute Gasteiger partial charge is 0.255 e. The van der Waals surface area contributed by atoms with E-state index >= 15 is 0 Å². The molecule has 2 heterocycles. The van der Waals surface area contributed by atoms with Crippen LogP contribution in [0.5, 0.6) is 0 Å². The highest BCUT2D eigenvalue weighted by atomic mass is 16.3. The molecule has 1 aromatic heterocycles. The zero-order valence-corrected chi connectivity index (χ0v) is 14.1. The van der Waals surface area contributed by atoms with Gasteiger partial charge >= 0.3 is 0 Å². The van der Waals surface area contributed by atoms with E-state index in [1.54, 1.807) is 6.07 Å². The van der Waals surface area contributed by atoms with Gasteiger partial charge in [-0.3, -0.25) is 9.59 Å². The summed E-state index contributed by atoms with van der Waals surface area (Å²) in [5.41, 5.74) is 6.90. The fraction of sp³-hybridized carbons (Fsp3) is 0.368. The van der Waals surface area contributed by atoms with E-state index in [2.05, 4.69) is 5.32 Å². The number of rotatable bonds is 6. The van der Waals surface area contributed by atoms with Crippen LogP contribution in [0.4, 0.5) is 0 Å². The van der Waals surface area contributed by atoms with E-state index < -0.39 is 6.04 Å². The lowest BCUT2D eigenvalue weighted by atomic mass is 10.0. The van der Waals surface area contributed by atoms with Crippen molar-refractivity contribution in [3.63, 3.8) is 0 Å². The van der Waals surface area contributed by atoms with Crippen LogP contribution in [0.15, 0.2) is 47.1 Å². The number of nitrogens with two attached hydrogens (primary N) is 1. The minimum absolute atomic E-state index is 0.0303. The summed E-state index contributed by atoms with van der Waals surface area (Å²) in [4.78, 5) is 27.2. The lowest BCUT2D eigenvalue weighted by Gasteiger charge is -2.24. The van der Waals surface area contributed by atoms with Gasteiger partial charge in [-0.15, -0.1) is 0 Å². The maximum absolute atomic E-state index is 12.8. The number of hydrogen-bond acceptors (Lipinski definition) is 4. The molecule has 1 aliphatic rings. The van der Waals surface area contributed by atoms with Crippen molar-refractivity contribution >= 4 is 11.8 Å². The van der Waals surface area contributed by atoms with Gasteiger partial charge in [-0.1, -0.05) is 30.3 Å². The Balaban J connectivity index is 1.75. The molecule has 1 aliphatic heterocycles. The first kappa shape index (κ1) is 17.2.